The second kappa shape index (κ2) is 5.81. The lowest BCUT2D eigenvalue weighted by Gasteiger charge is -2.13. The molecule has 1 saturated carbocycles. The van der Waals surface area contributed by atoms with Crippen LogP contribution in [0.3, 0.4) is 0 Å². The van der Waals surface area contributed by atoms with Gasteiger partial charge in [0.25, 0.3) is 0 Å². The molecule has 2 rings (SSSR count). The van der Waals surface area contributed by atoms with Crippen LogP contribution in [0, 0.1) is 11.8 Å². The van der Waals surface area contributed by atoms with Crippen LogP contribution in [0.25, 0.3) is 0 Å². The third-order valence-electron chi connectivity index (χ3n) is 3.55. The van der Waals surface area contributed by atoms with Gasteiger partial charge in [-0.15, -0.1) is 0 Å². The van der Waals surface area contributed by atoms with Crippen LogP contribution < -0.4 is 10.1 Å². The molecule has 1 aromatic carbocycles. The zero-order chi connectivity index (χ0) is 13.1. The highest BCUT2D eigenvalue weighted by atomic mass is 35.5. The third-order valence-corrected chi connectivity index (χ3v) is 3.77. The molecular formula is C14H20ClNO2. The zero-order valence-corrected chi connectivity index (χ0v) is 11.6. The molecule has 0 saturated heterocycles. The summed E-state index contributed by atoms with van der Waals surface area (Å²) in [6.45, 7) is 3.85. The van der Waals surface area contributed by atoms with Crippen molar-refractivity contribution in [3.05, 3.63) is 22.7 Å². The fourth-order valence-corrected chi connectivity index (χ4v) is 2.42. The fourth-order valence-electron chi connectivity index (χ4n) is 2.19. The maximum absolute atomic E-state index is 9.98. The van der Waals surface area contributed by atoms with Gasteiger partial charge in [-0.3, -0.25) is 0 Å². The first-order valence-electron chi connectivity index (χ1n) is 6.38. The number of nitrogens with one attached hydrogen (secondary N) is 1. The van der Waals surface area contributed by atoms with Crippen molar-refractivity contribution >= 4 is 11.6 Å². The summed E-state index contributed by atoms with van der Waals surface area (Å²) in [7, 11) is 1.53. The maximum atomic E-state index is 9.98. The number of phenolic OH excluding ortho intramolecular Hbond substituents is 1. The summed E-state index contributed by atoms with van der Waals surface area (Å²) >= 11 is 5.98. The highest BCUT2D eigenvalue weighted by Gasteiger charge is 2.27. The van der Waals surface area contributed by atoms with Gasteiger partial charge in [-0.25, -0.2) is 0 Å². The Kier molecular flexibility index (Phi) is 4.36. The molecule has 1 fully saturated rings. The summed E-state index contributed by atoms with van der Waals surface area (Å²) in [6, 6.07) is 3.39. The molecule has 1 unspecified atom stereocenters. The predicted octanol–water partition coefficient (Wildman–Crippen LogP) is 3.19. The highest BCUT2D eigenvalue weighted by Crippen LogP contribution is 2.36. The quantitative estimate of drug-likeness (QED) is 0.833. The van der Waals surface area contributed by atoms with Gasteiger partial charge in [0.05, 0.1) is 7.11 Å². The molecule has 1 aromatic rings. The number of halogens is 1. The summed E-state index contributed by atoms with van der Waals surface area (Å²) in [5.74, 6) is 2.19. The molecule has 0 spiro atoms. The Balaban J connectivity index is 1.93. The Morgan fingerprint density at radius 3 is 2.83 bits per heavy atom. The van der Waals surface area contributed by atoms with Crippen LogP contribution in [0.4, 0.5) is 0 Å². The van der Waals surface area contributed by atoms with E-state index in [-0.39, 0.29) is 5.75 Å². The van der Waals surface area contributed by atoms with Gasteiger partial charge < -0.3 is 15.2 Å². The van der Waals surface area contributed by atoms with E-state index >= 15 is 0 Å². The number of methoxy groups -OCH3 is 1. The Hall–Kier alpha value is -0.930. The van der Waals surface area contributed by atoms with Gasteiger partial charge in [0.2, 0.25) is 0 Å². The van der Waals surface area contributed by atoms with E-state index in [1.54, 1.807) is 12.1 Å². The minimum absolute atomic E-state index is 0.175. The SMILES string of the molecule is COc1cc(Cl)cc(CNCC(C)C2CC2)c1O. The molecule has 1 aliphatic carbocycles. The van der Waals surface area contributed by atoms with Gasteiger partial charge in [-0.2, -0.15) is 0 Å². The average Bonchev–Trinajstić information content (AvgIpc) is 3.16. The number of hydrogen-bond donors (Lipinski definition) is 2. The van der Waals surface area contributed by atoms with Crippen molar-refractivity contribution in [2.45, 2.75) is 26.3 Å². The van der Waals surface area contributed by atoms with Crippen LogP contribution in [0.1, 0.15) is 25.3 Å². The summed E-state index contributed by atoms with van der Waals surface area (Å²) in [5.41, 5.74) is 0.780. The Morgan fingerprint density at radius 1 is 1.50 bits per heavy atom. The van der Waals surface area contributed by atoms with Crippen molar-refractivity contribution in [1.29, 1.82) is 0 Å². The first-order valence-corrected chi connectivity index (χ1v) is 6.75. The van der Waals surface area contributed by atoms with E-state index in [0.717, 1.165) is 18.0 Å². The lowest BCUT2D eigenvalue weighted by Crippen LogP contribution is -2.21. The van der Waals surface area contributed by atoms with Gasteiger partial charge in [-0.05, 0) is 37.3 Å². The minimum atomic E-state index is 0.175. The smallest absolute Gasteiger partial charge is 0.162 e. The monoisotopic (exact) mass is 269 g/mol. The van der Waals surface area contributed by atoms with E-state index in [1.807, 2.05) is 0 Å². The van der Waals surface area contributed by atoms with Crippen LogP contribution in [0.2, 0.25) is 5.02 Å². The molecule has 4 heteroatoms. The molecule has 0 heterocycles. The second-order valence-electron chi connectivity index (χ2n) is 5.06. The molecule has 18 heavy (non-hydrogen) atoms. The van der Waals surface area contributed by atoms with E-state index in [0.29, 0.717) is 23.2 Å². The maximum Gasteiger partial charge on any atom is 0.162 e. The summed E-state index contributed by atoms with van der Waals surface area (Å²) in [4.78, 5) is 0. The largest absolute Gasteiger partial charge is 0.504 e. The topological polar surface area (TPSA) is 41.5 Å². The van der Waals surface area contributed by atoms with Gasteiger partial charge in [0, 0.05) is 23.2 Å². The number of aromatic hydroxyl groups is 1. The molecule has 0 aliphatic heterocycles. The lowest BCUT2D eigenvalue weighted by atomic mass is 10.1. The Bertz CT molecular complexity index is 419. The van der Waals surface area contributed by atoms with Crippen LogP contribution in [-0.4, -0.2) is 18.8 Å². The molecule has 100 valence electrons. The lowest BCUT2D eigenvalue weighted by molar-refractivity contribution is 0.368. The number of ether oxygens (including phenoxy) is 1. The molecule has 3 nitrogen and oxygen atoms in total. The van der Waals surface area contributed by atoms with Crippen molar-refractivity contribution in [3.8, 4) is 11.5 Å². The van der Waals surface area contributed by atoms with Crippen molar-refractivity contribution in [2.75, 3.05) is 13.7 Å². The van der Waals surface area contributed by atoms with Crippen LogP contribution in [-0.2, 0) is 6.54 Å². The number of hydrogen-bond acceptors (Lipinski definition) is 3. The molecule has 0 amide bonds. The van der Waals surface area contributed by atoms with E-state index in [2.05, 4.69) is 12.2 Å². The molecule has 1 aliphatic rings. The van der Waals surface area contributed by atoms with E-state index in [9.17, 15) is 5.11 Å². The molecule has 1 atom stereocenters. The van der Waals surface area contributed by atoms with Crippen LogP contribution in [0.5, 0.6) is 11.5 Å². The molecule has 0 bridgehead atoms. The number of benzene rings is 1. The Labute approximate surface area is 113 Å². The van der Waals surface area contributed by atoms with E-state index < -0.39 is 0 Å². The summed E-state index contributed by atoms with van der Waals surface area (Å²) in [5, 5.41) is 13.9. The summed E-state index contributed by atoms with van der Waals surface area (Å²) < 4.78 is 5.08. The fraction of sp³-hybridized carbons (Fsp3) is 0.571. The third kappa shape index (κ3) is 3.30. The van der Waals surface area contributed by atoms with Gasteiger partial charge in [-0.1, -0.05) is 18.5 Å². The van der Waals surface area contributed by atoms with E-state index in [4.69, 9.17) is 16.3 Å². The minimum Gasteiger partial charge on any atom is -0.504 e. The zero-order valence-electron chi connectivity index (χ0n) is 10.9. The average molecular weight is 270 g/mol. The summed E-state index contributed by atoms with van der Waals surface area (Å²) in [6.07, 6.45) is 2.72. The van der Waals surface area contributed by atoms with Crippen molar-refractivity contribution < 1.29 is 9.84 Å². The van der Waals surface area contributed by atoms with Crippen molar-refractivity contribution in [1.82, 2.24) is 5.32 Å². The Morgan fingerprint density at radius 2 is 2.22 bits per heavy atom. The predicted molar refractivity (Wildman–Crippen MR) is 73.3 cm³/mol. The number of rotatable bonds is 6. The molecule has 0 aromatic heterocycles. The van der Waals surface area contributed by atoms with Gasteiger partial charge >= 0.3 is 0 Å². The second-order valence-corrected chi connectivity index (χ2v) is 5.50. The molecule has 0 radical (unpaired) electrons. The first-order chi connectivity index (χ1) is 8.61. The normalized spacial score (nSPS) is 16.6. The molecule has 2 N–H and O–H groups in total. The van der Waals surface area contributed by atoms with Gasteiger partial charge in [0.15, 0.2) is 11.5 Å². The molecular weight excluding hydrogens is 250 g/mol. The van der Waals surface area contributed by atoms with Crippen LogP contribution >= 0.6 is 11.6 Å². The standard InChI is InChI=1S/C14H20ClNO2/c1-9(10-3-4-10)7-16-8-11-5-12(15)6-13(18-2)14(11)17/h5-6,9-10,16-17H,3-4,7-8H2,1-2H3. The van der Waals surface area contributed by atoms with Crippen molar-refractivity contribution in [3.63, 3.8) is 0 Å². The van der Waals surface area contributed by atoms with Gasteiger partial charge in [0.1, 0.15) is 0 Å². The first kappa shape index (κ1) is 13.5. The number of phenols is 1. The highest BCUT2D eigenvalue weighted by molar-refractivity contribution is 6.30. The van der Waals surface area contributed by atoms with Crippen LogP contribution in [0.15, 0.2) is 12.1 Å². The van der Waals surface area contributed by atoms with E-state index in [1.165, 1.54) is 20.0 Å². The van der Waals surface area contributed by atoms with Crippen molar-refractivity contribution in [2.24, 2.45) is 11.8 Å².